The van der Waals surface area contributed by atoms with Crippen LogP contribution in [0.4, 0.5) is 4.39 Å². The van der Waals surface area contributed by atoms with E-state index in [4.69, 9.17) is 4.65 Å². The van der Waals surface area contributed by atoms with Crippen LogP contribution in [-0.2, 0) is 16.7 Å². The molecule has 0 saturated heterocycles. The van der Waals surface area contributed by atoms with Gasteiger partial charge < -0.3 is 9.68 Å². The molecule has 1 aliphatic rings. The van der Waals surface area contributed by atoms with Crippen LogP contribution in [0, 0.1) is 12.7 Å². The van der Waals surface area contributed by atoms with Gasteiger partial charge in [-0.3, -0.25) is 9.78 Å². The Balaban J connectivity index is 1.85. The quantitative estimate of drug-likeness (QED) is 0.695. The van der Waals surface area contributed by atoms with Crippen molar-refractivity contribution < 1.29 is 18.9 Å². The maximum Gasteiger partial charge on any atom is 0.492 e. The predicted molar refractivity (Wildman–Crippen MR) is 85.1 cm³/mol. The van der Waals surface area contributed by atoms with Crippen LogP contribution in [-0.4, -0.2) is 22.9 Å². The summed E-state index contributed by atoms with van der Waals surface area (Å²) in [6.45, 7) is 5.31. The first-order valence-electron chi connectivity index (χ1n) is 7.42. The van der Waals surface area contributed by atoms with Gasteiger partial charge in [0.1, 0.15) is 5.82 Å². The van der Waals surface area contributed by atoms with Crippen molar-refractivity contribution in [2.45, 2.75) is 32.8 Å². The second-order valence-corrected chi connectivity index (χ2v) is 6.29. The van der Waals surface area contributed by atoms with E-state index in [0.29, 0.717) is 5.46 Å². The lowest BCUT2D eigenvalue weighted by Crippen LogP contribution is -2.29. The Bertz CT molecular complexity index is 791. The van der Waals surface area contributed by atoms with Crippen molar-refractivity contribution in [3.8, 4) is 0 Å². The third-order valence-corrected chi connectivity index (χ3v) is 4.15. The minimum absolute atomic E-state index is 0.116. The van der Waals surface area contributed by atoms with Gasteiger partial charge in [0.2, 0.25) is 0 Å². The van der Waals surface area contributed by atoms with Crippen molar-refractivity contribution >= 4 is 18.4 Å². The zero-order valence-corrected chi connectivity index (χ0v) is 13.3. The van der Waals surface area contributed by atoms with E-state index in [1.165, 1.54) is 12.3 Å². The molecule has 0 fully saturated rings. The molecule has 1 aliphatic heterocycles. The smallest absolute Gasteiger partial charge is 0.423 e. The number of benzene rings is 1. The van der Waals surface area contributed by atoms with Crippen molar-refractivity contribution in [2.24, 2.45) is 0 Å². The van der Waals surface area contributed by atoms with Crippen LogP contribution in [0.2, 0.25) is 0 Å². The Morgan fingerprint density at radius 1 is 1.39 bits per heavy atom. The minimum Gasteiger partial charge on any atom is -0.423 e. The van der Waals surface area contributed by atoms with E-state index >= 15 is 0 Å². The van der Waals surface area contributed by atoms with Crippen molar-refractivity contribution in [2.75, 3.05) is 0 Å². The van der Waals surface area contributed by atoms with Crippen LogP contribution in [0.1, 0.15) is 41.0 Å². The van der Waals surface area contributed by atoms with Crippen molar-refractivity contribution in [1.82, 2.24) is 4.98 Å². The van der Waals surface area contributed by atoms with Gasteiger partial charge in [0, 0.05) is 18.2 Å². The molecule has 118 valence electrons. The largest absolute Gasteiger partial charge is 0.492 e. The lowest BCUT2D eigenvalue weighted by Gasteiger charge is -2.19. The van der Waals surface area contributed by atoms with E-state index in [0.717, 1.165) is 11.1 Å². The maximum atomic E-state index is 13.5. The molecule has 3 rings (SSSR count). The SMILES string of the molecule is Cc1ncc(C(=O)Cc2ccc3c(c2)B(O)OC3(C)C)cc1F. The summed E-state index contributed by atoms with van der Waals surface area (Å²) in [5.74, 6) is -0.709. The highest BCUT2D eigenvalue weighted by atomic mass is 19.1. The number of aromatic nitrogens is 1. The number of halogens is 1. The van der Waals surface area contributed by atoms with Crippen LogP contribution >= 0.6 is 0 Å². The Morgan fingerprint density at radius 3 is 2.83 bits per heavy atom. The Morgan fingerprint density at radius 2 is 2.13 bits per heavy atom. The number of carbonyl (C=O) groups is 1. The van der Waals surface area contributed by atoms with Gasteiger partial charge in [-0.05, 0) is 43.4 Å². The average Bonchev–Trinajstić information content (AvgIpc) is 2.71. The Hall–Kier alpha value is -2.05. The third kappa shape index (κ3) is 2.92. The van der Waals surface area contributed by atoms with Crippen LogP contribution < -0.4 is 5.46 Å². The van der Waals surface area contributed by atoms with Gasteiger partial charge in [0.25, 0.3) is 0 Å². The number of aryl methyl sites for hydroxylation is 1. The highest BCUT2D eigenvalue weighted by Crippen LogP contribution is 2.30. The van der Waals surface area contributed by atoms with Gasteiger partial charge in [0.05, 0.1) is 11.3 Å². The first-order chi connectivity index (χ1) is 10.8. The number of fused-ring (bicyclic) bond motifs is 1. The van der Waals surface area contributed by atoms with Crippen molar-refractivity contribution in [1.29, 1.82) is 0 Å². The van der Waals surface area contributed by atoms with E-state index in [-0.39, 0.29) is 23.5 Å². The number of rotatable bonds is 3. The van der Waals surface area contributed by atoms with E-state index in [2.05, 4.69) is 4.98 Å². The number of carbonyl (C=O) groups excluding carboxylic acids is 1. The highest BCUT2D eigenvalue weighted by molar-refractivity contribution is 6.62. The fraction of sp³-hybridized carbons (Fsp3) is 0.294. The molecular weight excluding hydrogens is 296 g/mol. The van der Waals surface area contributed by atoms with E-state index in [1.54, 1.807) is 13.0 Å². The van der Waals surface area contributed by atoms with Gasteiger partial charge in [0.15, 0.2) is 5.78 Å². The van der Waals surface area contributed by atoms with E-state index in [9.17, 15) is 14.2 Å². The number of hydrogen-bond donors (Lipinski definition) is 1. The van der Waals surface area contributed by atoms with Crippen LogP contribution in [0.25, 0.3) is 0 Å². The fourth-order valence-corrected chi connectivity index (χ4v) is 2.83. The van der Waals surface area contributed by atoms with Crippen LogP contribution in [0.5, 0.6) is 0 Å². The first-order valence-corrected chi connectivity index (χ1v) is 7.42. The average molecular weight is 313 g/mol. The molecule has 0 atom stereocenters. The standard InChI is InChI=1S/C17H17BFNO3/c1-10-15(19)8-12(9-20-10)16(21)7-11-4-5-13-14(6-11)18(22)23-17(13,2)3/h4-6,8-9,22H,7H2,1-3H3. The van der Waals surface area contributed by atoms with Crippen LogP contribution in [0.3, 0.4) is 0 Å². The van der Waals surface area contributed by atoms with E-state index in [1.807, 2.05) is 26.0 Å². The molecule has 1 aromatic carbocycles. The molecule has 2 aromatic rings. The van der Waals surface area contributed by atoms with Crippen molar-refractivity contribution in [3.05, 3.63) is 58.7 Å². The lowest BCUT2D eigenvalue weighted by atomic mass is 9.77. The minimum atomic E-state index is -0.992. The number of hydrogen-bond acceptors (Lipinski definition) is 4. The second-order valence-electron chi connectivity index (χ2n) is 6.29. The summed E-state index contributed by atoms with van der Waals surface area (Å²) in [6, 6.07) is 6.67. The number of pyridine rings is 1. The van der Waals surface area contributed by atoms with Crippen LogP contribution in [0.15, 0.2) is 30.5 Å². The summed E-state index contributed by atoms with van der Waals surface area (Å²) >= 11 is 0. The number of Topliss-reactive ketones (excluding diaryl/α,β-unsaturated/α-hetero) is 1. The lowest BCUT2D eigenvalue weighted by molar-refractivity contribution is 0.0990. The molecule has 4 nitrogen and oxygen atoms in total. The van der Waals surface area contributed by atoms with Gasteiger partial charge in [-0.25, -0.2) is 4.39 Å². The molecule has 0 amide bonds. The topological polar surface area (TPSA) is 59.4 Å². The summed E-state index contributed by atoms with van der Waals surface area (Å²) in [5, 5.41) is 9.99. The van der Waals surface area contributed by atoms with Crippen molar-refractivity contribution in [3.63, 3.8) is 0 Å². The summed E-state index contributed by atoms with van der Waals surface area (Å²) in [4.78, 5) is 16.2. The summed E-state index contributed by atoms with van der Waals surface area (Å²) in [7, 11) is -0.992. The fourth-order valence-electron chi connectivity index (χ4n) is 2.83. The molecule has 0 bridgehead atoms. The molecular formula is C17H17BFNO3. The monoisotopic (exact) mass is 313 g/mol. The van der Waals surface area contributed by atoms with Gasteiger partial charge in [-0.2, -0.15) is 0 Å². The molecule has 0 unspecified atom stereocenters. The number of ketones is 1. The number of nitrogens with zero attached hydrogens (tertiary/aromatic N) is 1. The highest BCUT2D eigenvalue weighted by Gasteiger charge is 2.40. The molecule has 0 radical (unpaired) electrons. The Kier molecular flexibility index (Phi) is 3.82. The predicted octanol–water partition coefficient (Wildman–Crippen LogP) is 1.91. The zero-order valence-electron chi connectivity index (χ0n) is 13.3. The molecule has 0 spiro atoms. The molecule has 1 N–H and O–H groups in total. The van der Waals surface area contributed by atoms with Gasteiger partial charge in [-0.15, -0.1) is 0 Å². The maximum absolute atomic E-state index is 13.5. The van der Waals surface area contributed by atoms with E-state index < -0.39 is 18.5 Å². The molecule has 6 heteroatoms. The molecule has 0 aliphatic carbocycles. The normalized spacial score (nSPS) is 15.6. The molecule has 1 aromatic heterocycles. The molecule has 2 heterocycles. The zero-order chi connectivity index (χ0) is 16.8. The molecule has 23 heavy (non-hydrogen) atoms. The third-order valence-electron chi connectivity index (χ3n) is 4.15. The summed E-state index contributed by atoms with van der Waals surface area (Å²) < 4.78 is 19.0. The Labute approximate surface area is 134 Å². The second kappa shape index (κ2) is 5.55. The molecule has 0 saturated carbocycles. The van der Waals surface area contributed by atoms with Gasteiger partial charge >= 0.3 is 7.12 Å². The summed E-state index contributed by atoms with van der Waals surface area (Å²) in [5.41, 5.74) is 2.28. The first kappa shape index (κ1) is 15.8. The van der Waals surface area contributed by atoms with Gasteiger partial charge in [-0.1, -0.05) is 18.2 Å². The summed E-state index contributed by atoms with van der Waals surface area (Å²) in [6.07, 6.45) is 1.50.